The molecular formula is C19H18Cl2N2O2. The minimum atomic E-state index is -0.427. The van der Waals surface area contributed by atoms with Gasteiger partial charge in [-0.2, -0.15) is 0 Å². The van der Waals surface area contributed by atoms with Gasteiger partial charge in [-0.1, -0.05) is 35.3 Å². The summed E-state index contributed by atoms with van der Waals surface area (Å²) in [6, 6.07) is 10.9. The number of nitrogens with zero attached hydrogens (tertiary/aromatic N) is 1. The Balaban J connectivity index is 1.74. The van der Waals surface area contributed by atoms with Gasteiger partial charge >= 0.3 is 0 Å². The zero-order chi connectivity index (χ0) is 18.1. The summed E-state index contributed by atoms with van der Waals surface area (Å²) in [7, 11) is 0. The number of amides is 2. The first-order valence-corrected chi connectivity index (χ1v) is 8.75. The second-order valence-electron chi connectivity index (χ2n) is 6.26. The third-order valence-corrected chi connectivity index (χ3v) is 5.33. The number of hydrogen-bond acceptors (Lipinski definition) is 2. The molecule has 1 aliphatic rings. The smallest absolute Gasteiger partial charge is 0.229 e. The van der Waals surface area contributed by atoms with E-state index in [1.807, 2.05) is 32.0 Å². The molecule has 0 saturated carbocycles. The van der Waals surface area contributed by atoms with Gasteiger partial charge in [-0.05, 0) is 49.2 Å². The van der Waals surface area contributed by atoms with Crippen molar-refractivity contribution < 1.29 is 9.59 Å². The third-order valence-electron chi connectivity index (χ3n) is 4.51. The summed E-state index contributed by atoms with van der Waals surface area (Å²) >= 11 is 12.1. The lowest BCUT2D eigenvalue weighted by Gasteiger charge is -2.18. The van der Waals surface area contributed by atoms with Gasteiger partial charge < -0.3 is 10.2 Å². The number of rotatable bonds is 3. The lowest BCUT2D eigenvalue weighted by atomic mass is 10.1. The highest BCUT2D eigenvalue weighted by Crippen LogP contribution is 2.31. The maximum atomic E-state index is 12.5. The Morgan fingerprint density at radius 2 is 1.92 bits per heavy atom. The summed E-state index contributed by atoms with van der Waals surface area (Å²) in [5.41, 5.74) is 3.56. The molecule has 1 heterocycles. The van der Waals surface area contributed by atoms with E-state index in [4.69, 9.17) is 23.2 Å². The number of halogens is 2. The number of carbonyl (C=O) groups is 2. The summed E-state index contributed by atoms with van der Waals surface area (Å²) < 4.78 is 0. The molecule has 25 heavy (non-hydrogen) atoms. The van der Waals surface area contributed by atoms with E-state index in [1.54, 1.807) is 23.1 Å². The standard InChI is InChI=1S/C19H18Cl2N2O2/c1-11-6-7-14(8-12(11)2)23-10-13(9-17(23)24)19(25)22-16-5-3-4-15(20)18(16)21/h3-8,13H,9-10H2,1-2H3,(H,22,25)/t13-/m1/s1. The molecule has 6 heteroatoms. The molecule has 2 amide bonds. The molecule has 2 aromatic rings. The van der Waals surface area contributed by atoms with E-state index in [-0.39, 0.29) is 18.2 Å². The molecule has 3 rings (SSSR count). The SMILES string of the molecule is Cc1ccc(N2C[C@H](C(=O)Nc3cccc(Cl)c3Cl)CC2=O)cc1C. The van der Waals surface area contributed by atoms with Gasteiger partial charge in [0.05, 0.1) is 21.7 Å². The molecule has 1 atom stereocenters. The number of benzene rings is 2. The molecule has 0 unspecified atom stereocenters. The Morgan fingerprint density at radius 1 is 1.16 bits per heavy atom. The third kappa shape index (κ3) is 3.65. The Bertz CT molecular complexity index is 851. The molecule has 0 aliphatic carbocycles. The van der Waals surface area contributed by atoms with Crippen LogP contribution in [0.15, 0.2) is 36.4 Å². The number of nitrogens with one attached hydrogen (secondary N) is 1. The van der Waals surface area contributed by atoms with Gasteiger partial charge in [-0.25, -0.2) is 0 Å². The fraction of sp³-hybridized carbons (Fsp3) is 0.263. The first-order valence-electron chi connectivity index (χ1n) is 7.99. The first kappa shape index (κ1) is 17.8. The highest BCUT2D eigenvalue weighted by Gasteiger charge is 2.35. The second-order valence-corrected chi connectivity index (χ2v) is 7.05. The van der Waals surface area contributed by atoms with E-state index >= 15 is 0 Å². The molecular weight excluding hydrogens is 359 g/mol. The predicted molar refractivity (Wildman–Crippen MR) is 101 cm³/mol. The topological polar surface area (TPSA) is 49.4 Å². The van der Waals surface area contributed by atoms with Crippen LogP contribution < -0.4 is 10.2 Å². The highest BCUT2D eigenvalue weighted by molar-refractivity contribution is 6.44. The number of anilines is 2. The summed E-state index contributed by atoms with van der Waals surface area (Å²) in [6.07, 6.45) is 0.178. The van der Waals surface area contributed by atoms with E-state index in [9.17, 15) is 9.59 Å². The lowest BCUT2D eigenvalue weighted by molar-refractivity contribution is -0.122. The quantitative estimate of drug-likeness (QED) is 0.850. The van der Waals surface area contributed by atoms with Crippen LogP contribution in [0.25, 0.3) is 0 Å². The number of hydrogen-bond donors (Lipinski definition) is 1. The normalized spacial score (nSPS) is 17.0. The minimum Gasteiger partial charge on any atom is -0.324 e. The van der Waals surface area contributed by atoms with Crippen molar-refractivity contribution in [1.82, 2.24) is 0 Å². The van der Waals surface area contributed by atoms with Gasteiger partial charge in [0.1, 0.15) is 0 Å². The van der Waals surface area contributed by atoms with Crippen molar-refractivity contribution in [3.05, 3.63) is 57.6 Å². The van der Waals surface area contributed by atoms with Gasteiger partial charge in [-0.15, -0.1) is 0 Å². The van der Waals surface area contributed by atoms with Crippen molar-refractivity contribution in [2.24, 2.45) is 5.92 Å². The van der Waals surface area contributed by atoms with Crippen molar-refractivity contribution in [1.29, 1.82) is 0 Å². The van der Waals surface area contributed by atoms with Crippen LogP contribution in [0.5, 0.6) is 0 Å². The molecule has 130 valence electrons. The van der Waals surface area contributed by atoms with Crippen molar-refractivity contribution in [2.75, 3.05) is 16.8 Å². The maximum absolute atomic E-state index is 12.5. The van der Waals surface area contributed by atoms with Gasteiger partial charge in [0.15, 0.2) is 0 Å². The highest BCUT2D eigenvalue weighted by atomic mass is 35.5. The van der Waals surface area contributed by atoms with Crippen LogP contribution in [0.4, 0.5) is 11.4 Å². The Kier molecular flexibility index (Phi) is 5.02. The van der Waals surface area contributed by atoms with Crippen LogP contribution in [0.3, 0.4) is 0 Å². The molecule has 2 aromatic carbocycles. The molecule has 0 spiro atoms. The van der Waals surface area contributed by atoms with Gasteiger partial charge in [0, 0.05) is 18.7 Å². The molecule has 1 saturated heterocycles. The molecule has 1 N–H and O–H groups in total. The van der Waals surface area contributed by atoms with Crippen LogP contribution in [-0.4, -0.2) is 18.4 Å². The molecule has 1 fully saturated rings. The Morgan fingerprint density at radius 3 is 2.64 bits per heavy atom. The van der Waals surface area contributed by atoms with Crippen LogP contribution in [0.2, 0.25) is 10.0 Å². The van der Waals surface area contributed by atoms with E-state index < -0.39 is 5.92 Å². The van der Waals surface area contributed by atoms with Crippen molar-refractivity contribution in [3.8, 4) is 0 Å². The van der Waals surface area contributed by atoms with Crippen LogP contribution in [0.1, 0.15) is 17.5 Å². The fourth-order valence-corrected chi connectivity index (χ4v) is 3.21. The van der Waals surface area contributed by atoms with Crippen molar-refractivity contribution >= 4 is 46.4 Å². The van der Waals surface area contributed by atoms with Crippen molar-refractivity contribution in [2.45, 2.75) is 20.3 Å². The molecule has 0 radical (unpaired) electrons. The Hall–Kier alpha value is -2.04. The summed E-state index contributed by atoms with van der Waals surface area (Å²) in [4.78, 5) is 26.6. The summed E-state index contributed by atoms with van der Waals surface area (Å²) in [6.45, 7) is 4.38. The average Bonchev–Trinajstić information content (AvgIpc) is 2.96. The largest absolute Gasteiger partial charge is 0.324 e. The fourth-order valence-electron chi connectivity index (χ4n) is 2.86. The first-order chi connectivity index (χ1) is 11.9. The molecule has 0 bridgehead atoms. The zero-order valence-corrected chi connectivity index (χ0v) is 15.5. The van der Waals surface area contributed by atoms with Gasteiger partial charge in [0.25, 0.3) is 0 Å². The molecule has 0 aromatic heterocycles. The van der Waals surface area contributed by atoms with Crippen LogP contribution in [0, 0.1) is 19.8 Å². The number of carbonyl (C=O) groups excluding carboxylic acids is 2. The lowest BCUT2D eigenvalue weighted by Crippen LogP contribution is -2.28. The molecule has 4 nitrogen and oxygen atoms in total. The average molecular weight is 377 g/mol. The van der Waals surface area contributed by atoms with E-state index in [2.05, 4.69) is 5.32 Å². The monoisotopic (exact) mass is 376 g/mol. The van der Waals surface area contributed by atoms with Crippen LogP contribution in [-0.2, 0) is 9.59 Å². The van der Waals surface area contributed by atoms with E-state index in [0.29, 0.717) is 22.3 Å². The van der Waals surface area contributed by atoms with E-state index in [0.717, 1.165) is 11.3 Å². The van der Waals surface area contributed by atoms with E-state index in [1.165, 1.54) is 5.56 Å². The Labute approximate surface area is 156 Å². The zero-order valence-electron chi connectivity index (χ0n) is 14.0. The van der Waals surface area contributed by atoms with Gasteiger partial charge in [-0.3, -0.25) is 9.59 Å². The predicted octanol–water partition coefficient (Wildman–Crippen LogP) is 4.60. The summed E-state index contributed by atoms with van der Waals surface area (Å²) in [5, 5.41) is 3.44. The number of aryl methyl sites for hydroxylation is 2. The van der Waals surface area contributed by atoms with Gasteiger partial charge in [0.2, 0.25) is 11.8 Å². The maximum Gasteiger partial charge on any atom is 0.229 e. The summed E-state index contributed by atoms with van der Waals surface area (Å²) in [5.74, 6) is -0.714. The minimum absolute atomic E-state index is 0.0550. The van der Waals surface area contributed by atoms with Crippen molar-refractivity contribution in [3.63, 3.8) is 0 Å². The van der Waals surface area contributed by atoms with Crippen LogP contribution >= 0.6 is 23.2 Å². The second kappa shape index (κ2) is 7.06. The molecule has 1 aliphatic heterocycles.